The fourth-order valence-corrected chi connectivity index (χ4v) is 3.94. The van der Waals surface area contributed by atoms with Crippen molar-refractivity contribution in [1.29, 1.82) is 0 Å². The number of carbonyl (C=O) groups excluding carboxylic acids is 1. The molecular formula is C20H32O6S. The molecule has 0 heterocycles. The van der Waals surface area contributed by atoms with Crippen molar-refractivity contribution in [3.63, 3.8) is 0 Å². The van der Waals surface area contributed by atoms with Crippen LogP contribution in [-0.2, 0) is 21.1 Å². The predicted octanol–water partition coefficient (Wildman–Crippen LogP) is 3.68. The lowest BCUT2D eigenvalue weighted by Crippen LogP contribution is -2.09. The van der Waals surface area contributed by atoms with E-state index in [0.29, 0.717) is 17.5 Å². The first-order chi connectivity index (χ1) is 12.5. The Kier molecular flexibility index (Phi) is 9.26. The molecule has 0 saturated carbocycles. The Morgan fingerprint density at radius 3 is 2.22 bits per heavy atom. The number of ether oxygens (including phenoxy) is 1. The number of carbonyl (C=O) groups is 1. The van der Waals surface area contributed by atoms with Crippen molar-refractivity contribution in [3.8, 4) is 11.5 Å². The van der Waals surface area contributed by atoms with E-state index >= 15 is 0 Å². The molecule has 1 rings (SSSR count). The zero-order chi connectivity index (χ0) is 20.6. The van der Waals surface area contributed by atoms with E-state index in [1.807, 2.05) is 0 Å². The first-order valence-electron chi connectivity index (χ1n) is 9.46. The van der Waals surface area contributed by atoms with Crippen LogP contribution in [0.5, 0.6) is 11.5 Å². The largest absolute Gasteiger partial charge is 0.506 e. The second kappa shape index (κ2) is 10.7. The lowest BCUT2D eigenvalue weighted by molar-refractivity contribution is -0.132. The summed E-state index contributed by atoms with van der Waals surface area (Å²) in [4.78, 5) is 11.3. The summed E-state index contributed by atoms with van der Waals surface area (Å²) in [5.74, 6) is -0.579. The Bertz CT molecular complexity index is 737. The third kappa shape index (κ3) is 7.89. The molecule has 0 amide bonds. The van der Waals surface area contributed by atoms with Crippen LogP contribution in [-0.4, -0.2) is 37.0 Å². The van der Waals surface area contributed by atoms with Crippen LogP contribution in [0.15, 0.2) is 11.0 Å². The van der Waals surface area contributed by atoms with E-state index in [2.05, 4.69) is 0 Å². The molecule has 0 aliphatic carbocycles. The van der Waals surface area contributed by atoms with Gasteiger partial charge in [0.2, 0.25) is 0 Å². The molecule has 0 spiro atoms. The Morgan fingerprint density at radius 2 is 1.70 bits per heavy atom. The van der Waals surface area contributed by atoms with Gasteiger partial charge in [0.15, 0.2) is 9.84 Å². The Balaban J connectivity index is 2.79. The highest BCUT2D eigenvalue weighted by atomic mass is 32.2. The molecule has 0 aliphatic heterocycles. The van der Waals surface area contributed by atoms with E-state index in [1.165, 1.54) is 13.0 Å². The van der Waals surface area contributed by atoms with E-state index in [-0.39, 0.29) is 22.5 Å². The van der Waals surface area contributed by atoms with Crippen LogP contribution in [0.3, 0.4) is 0 Å². The van der Waals surface area contributed by atoms with Gasteiger partial charge in [-0.3, -0.25) is 4.79 Å². The smallest absolute Gasteiger partial charge is 0.308 e. The third-order valence-corrected chi connectivity index (χ3v) is 5.55. The molecule has 0 aromatic heterocycles. The van der Waals surface area contributed by atoms with E-state index in [4.69, 9.17) is 4.74 Å². The maximum Gasteiger partial charge on any atom is 0.308 e. The van der Waals surface area contributed by atoms with Gasteiger partial charge in [0.05, 0.1) is 6.10 Å². The molecule has 154 valence electrons. The highest BCUT2D eigenvalue weighted by Gasteiger charge is 2.23. The van der Waals surface area contributed by atoms with Crippen LogP contribution in [0.4, 0.5) is 0 Å². The maximum absolute atomic E-state index is 11.9. The molecule has 1 aromatic rings. The zero-order valence-corrected chi connectivity index (χ0v) is 17.6. The van der Waals surface area contributed by atoms with E-state index < -0.39 is 15.8 Å². The number of aliphatic hydroxyl groups is 1. The molecule has 0 saturated heterocycles. The van der Waals surface area contributed by atoms with Gasteiger partial charge in [-0.2, -0.15) is 0 Å². The summed E-state index contributed by atoms with van der Waals surface area (Å²) in [6.45, 7) is 4.73. The number of benzene rings is 1. The molecule has 0 aliphatic rings. The molecule has 1 unspecified atom stereocenters. The van der Waals surface area contributed by atoms with Crippen molar-refractivity contribution in [3.05, 3.63) is 17.2 Å². The van der Waals surface area contributed by atoms with E-state index in [1.54, 1.807) is 13.8 Å². The van der Waals surface area contributed by atoms with Gasteiger partial charge in [-0.15, -0.1) is 0 Å². The van der Waals surface area contributed by atoms with Crippen LogP contribution in [0.25, 0.3) is 0 Å². The quantitative estimate of drug-likeness (QED) is 0.334. The Labute approximate surface area is 162 Å². The molecule has 0 bridgehead atoms. The molecule has 6 nitrogen and oxygen atoms in total. The highest BCUT2D eigenvalue weighted by molar-refractivity contribution is 7.90. The zero-order valence-electron chi connectivity index (χ0n) is 16.7. The fourth-order valence-electron chi connectivity index (χ4n) is 3.07. The molecule has 1 atom stereocenters. The van der Waals surface area contributed by atoms with Gasteiger partial charge in [0, 0.05) is 18.7 Å². The Hall–Kier alpha value is -1.60. The number of aliphatic hydroxyl groups excluding tert-OH is 1. The van der Waals surface area contributed by atoms with Gasteiger partial charge in [0.1, 0.15) is 16.4 Å². The summed E-state index contributed by atoms with van der Waals surface area (Å²) >= 11 is 0. The van der Waals surface area contributed by atoms with Gasteiger partial charge in [0.25, 0.3) is 0 Å². The minimum atomic E-state index is -3.59. The first kappa shape index (κ1) is 23.4. The van der Waals surface area contributed by atoms with Crippen molar-refractivity contribution in [2.24, 2.45) is 0 Å². The molecule has 0 radical (unpaired) electrons. The molecule has 0 fully saturated rings. The number of rotatable bonds is 11. The monoisotopic (exact) mass is 400 g/mol. The van der Waals surface area contributed by atoms with Crippen molar-refractivity contribution in [2.45, 2.75) is 83.1 Å². The van der Waals surface area contributed by atoms with Gasteiger partial charge in [-0.25, -0.2) is 8.42 Å². The topological polar surface area (TPSA) is 101 Å². The maximum atomic E-state index is 11.9. The number of hydrogen-bond acceptors (Lipinski definition) is 6. The summed E-state index contributed by atoms with van der Waals surface area (Å²) in [7, 11) is -3.59. The normalized spacial score (nSPS) is 12.8. The minimum absolute atomic E-state index is 0.135. The Morgan fingerprint density at radius 1 is 1.15 bits per heavy atom. The van der Waals surface area contributed by atoms with Crippen molar-refractivity contribution in [2.75, 3.05) is 6.26 Å². The van der Waals surface area contributed by atoms with Crippen LogP contribution >= 0.6 is 0 Å². The van der Waals surface area contributed by atoms with E-state index in [0.717, 1.165) is 51.2 Å². The number of aryl methyl sites for hydroxylation is 1. The van der Waals surface area contributed by atoms with Crippen LogP contribution < -0.4 is 4.74 Å². The van der Waals surface area contributed by atoms with Crippen LogP contribution in [0.1, 0.15) is 69.9 Å². The number of phenols is 1. The van der Waals surface area contributed by atoms with Crippen LogP contribution in [0.2, 0.25) is 0 Å². The lowest BCUT2D eigenvalue weighted by Gasteiger charge is -2.16. The summed E-state index contributed by atoms with van der Waals surface area (Å²) in [6, 6.07) is 1.34. The lowest BCUT2D eigenvalue weighted by atomic mass is 10.0. The standard InChI is InChI=1S/C20H32O6S/c1-14-13-18(27(4,24)25)19(23)17(20(14)26-16(3)22)12-10-8-6-5-7-9-11-15(2)21/h13,15,21,23H,5-12H2,1-4H3. The molecule has 1 aromatic carbocycles. The second-order valence-electron chi connectivity index (χ2n) is 7.22. The summed E-state index contributed by atoms with van der Waals surface area (Å²) in [5.41, 5.74) is 0.885. The molecule has 7 heteroatoms. The minimum Gasteiger partial charge on any atom is -0.506 e. The van der Waals surface area contributed by atoms with E-state index in [9.17, 15) is 23.4 Å². The number of phenolic OH excluding ortho intramolecular Hbond substituents is 1. The van der Waals surface area contributed by atoms with Gasteiger partial charge in [-0.05, 0) is 44.7 Å². The number of aromatic hydroxyl groups is 1. The molecule has 2 N–H and O–H groups in total. The number of unbranched alkanes of at least 4 members (excludes halogenated alkanes) is 5. The predicted molar refractivity (Wildman–Crippen MR) is 105 cm³/mol. The second-order valence-corrected chi connectivity index (χ2v) is 9.21. The summed E-state index contributed by atoms with van der Waals surface area (Å²) < 4.78 is 29.1. The average molecular weight is 401 g/mol. The summed E-state index contributed by atoms with van der Waals surface area (Å²) in [6.07, 6.45) is 7.89. The average Bonchev–Trinajstić information content (AvgIpc) is 2.53. The van der Waals surface area contributed by atoms with Gasteiger partial charge in [-0.1, -0.05) is 32.1 Å². The number of esters is 1. The van der Waals surface area contributed by atoms with Crippen molar-refractivity contribution in [1.82, 2.24) is 0 Å². The van der Waals surface area contributed by atoms with Crippen molar-refractivity contribution < 1.29 is 28.2 Å². The molecular weight excluding hydrogens is 368 g/mol. The van der Waals surface area contributed by atoms with Crippen LogP contribution in [0, 0.1) is 6.92 Å². The SMILES string of the molecule is CC(=O)Oc1c(C)cc(S(C)(=O)=O)c(O)c1CCCCCCCCC(C)O. The highest BCUT2D eigenvalue weighted by Crippen LogP contribution is 2.38. The fraction of sp³-hybridized carbons (Fsp3) is 0.650. The van der Waals surface area contributed by atoms with Gasteiger partial charge >= 0.3 is 5.97 Å². The third-order valence-electron chi connectivity index (χ3n) is 4.44. The van der Waals surface area contributed by atoms with Crippen molar-refractivity contribution >= 4 is 15.8 Å². The molecule has 27 heavy (non-hydrogen) atoms. The first-order valence-corrected chi connectivity index (χ1v) is 11.3. The number of hydrogen-bond donors (Lipinski definition) is 2. The van der Waals surface area contributed by atoms with Gasteiger partial charge < -0.3 is 14.9 Å². The number of sulfone groups is 1. The summed E-state index contributed by atoms with van der Waals surface area (Å²) in [5, 5.41) is 19.7.